The summed E-state index contributed by atoms with van der Waals surface area (Å²) in [5.74, 6) is 0.640. The molecule has 0 aliphatic carbocycles. The van der Waals surface area contributed by atoms with Gasteiger partial charge < -0.3 is 15.0 Å². The molecule has 0 bridgehead atoms. The molecule has 0 spiro atoms. The SMILES string of the molecule is CCOc1ccc(C(=O)NCc2ccc(N(CC)CC)nc2)cc1[N+](=O)[O-]. The number of hydrogen-bond acceptors (Lipinski definition) is 6. The Labute approximate surface area is 158 Å². The lowest BCUT2D eigenvalue weighted by atomic mass is 10.1. The van der Waals surface area contributed by atoms with Crippen molar-refractivity contribution in [1.82, 2.24) is 10.3 Å². The van der Waals surface area contributed by atoms with Gasteiger partial charge in [0.1, 0.15) is 5.82 Å². The van der Waals surface area contributed by atoms with Gasteiger partial charge in [-0.3, -0.25) is 14.9 Å². The van der Waals surface area contributed by atoms with E-state index in [0.29, 0.717) is 6.61 Å². The number of ether oxygens (including phenoxy) is 1. The van der Waals surface area contributed by atoms with Crippen LogP contribution in [0.25, 0.3) is 0 Å². The number of pyridine rings is 1. The molecule has 1 heterocycles. The van der Waals surface area contributed by atoms with E-state index in [-0.39, 0.29) is 23.5 Å². The fourth-order valence-electron chi connectivity index (χ4n) is 2.62. The minimum Gasteiger partial charge on any atom is -0.487 e. The van der Waals surface area contributed by atoms with Crippen LogP contribution in [0.5, 0.6) is 5.75 Å². The molecule has 0 unspecified atom stereocenters. The summed E-state index contributed by atoms with van der Waals surface area (Å²) < 4.78 is 5.23. The zero-order valence-corrected chi connectivity index (χ0v) is 15.8. The Morgan fingerprint density at radius 1 is 1.22 bits per heavy atom. The zero-order chi connectivity index (χ0) is 19.8. The molecule has 0 radical (unpaired) electrons. The molecule has 1 aromatic heterocycles. The average molecular weight is 372 g/mol. The normalized spacial score (nSPS) is 10.3. The summed E-state index contributed by atoms with van der Waals surface area (Å²) in [6.07, 6.45) is 1.72. The number of nitrogens with zero attached hydrogens (tertiary/aromatic N) is 3. The third-order valence-corrected chi connectivity index (χ3v) is 4.07. The van der Waals surface area contributed by atoms with Gasteiger partial charge in [0, 0.05) is 37.5 Å². The largest absolute Gasteiger partial charge is 0.487 e. The summed E-state index contributed by atoms with van der Waals surface area (Å²) in [4.78, 5) is 29.5. The van der Waals surface area contributed by atoms with Crippen LogP contribution in [0.4, 0.5) is 11.5 Å². The first-order valence-electron chi connectivity index (χ1n) is 8.89. The number of rotatable bonds is 9. The van der Waals surface area contributed by atoms with E-state index in [1.807, 2.05) is 12.1 Å². The van der Waals surface area contributed by atoms with Gasteiger partial charge in [0.05, 0.1) is 11.5 Å². The van der Waals surface area contributed by atoms with Crippen molar-refractivity contribution in [1.29, 1.82) is 0 Å². The number of nitro benzene ring substituents is 1. The van der Waals surface area contributed by atoms with Gasteiger partial charge in [-0.25, -0.2) is 4.98 Å². The smallest absolute Gasteiger partial charge is 0.311 e. The van der Waals surface area contributed by atoms with Crippen molar-refractivity contribution in [2.45, 2.75) is 27.3 Å². The van der Waals surface area contributed by atoms with Crippen molar-refractivity contribution in [3.8, 4) is 5.75 Å². The molecular weight excluding hydrogens is 348 g/mol. The molecule has 0 fully saturated rings. The van der Waals surface area contributed by atoms with Crippen LogP contribution in [0.15, 0.2) is 36.5 Å². The number of nitro groups is 1. The predicted molar refractivity (Wildman–Crippen MR) is 103 cm³/mol. The number of nitrogens with one attached hydrogen (secondary N) is 1. The van der Waals surface area contributed by atoms with Crippen LogP contribution in [-0.2, 0) is 6.54 Å². The van der Waals surface area contributed by atoms with Crippen LogP contribution in [0.2, 0.25) is 0 Å². The maximum absolute atomic E-state index is 12.3. The molecule has 2 rings (SSSR count). The molecular formula is C19H24N4O4. The summed E-state index contributed by atoms with van der Waals surface area (Å²) in [6, 6.07) is 7.99. The highest BCUT2D eigenvalue weighted by Crippen LogP contribution is 2.28. The molecule has 0 atom stereocenters. The monoisotopic (exact) mass is 372 g/mol. The Kier molecular flexibility index (Phi) is 7.10. The molecule has 8 nitrogen and oxygen atoms in total. The number of carbonyl (C=O) groups excluding carboxylic acids is 1. The van der Waals surface area contributed by atoms with Crippen molar-refractivity contribution in [3.63, 3.8) is 0 Å². The number of benzene rings is 1. The van der Waals surface area contributed by atoms with E-state index in [2.05, 4.69) is 29.0 Å². The van der Waals surface area contributed by atoms with E-state index in [4.69, 9.17) is 4.74 Å². The highest BCUT2D eigenvalue weighted by molar-refractivity contribution is 5.95. The van der Waals surface area contributed by atoms with Gasteiger partial charge in [0.25, 0.3) is 5.91 Å². The number of carbonyl (C=O) groups is 1. The molecule has 8 heteroatoms. The summed E-state index contributed by atoms with van der Waals surface area (Å²) >= 11 is 0. The van der Waals surface area contributed by atoms with Gasteiger partial charge >= 0.3 is 5.69 Å². The Hall–Kier alpha value is -3.16. The van der Waals surface area contributed by atoms with E-state index < -0.39 is 10.8 Å². The van der Waals surface area contributed by atoms with Gasteiger partial charge in [-0.05, 0) is 44.5 Å². The fourth-order valence-corrected chi connectivity index (χ4v) is 2.62. The van der Waals surface area contributed by atoms with Crippen LogP contribution >= 0.6 is 0 Å². The lowest BCUT2D eigenvalue weighted by Gasteiger charge is -2.19. The fraction of sp³-hybridized carbons (Fsp3) is 0.368. The van der Waals surface area contributed by atoms with Gasteiger partial charge in [0.2, 0.25) is 0 Å². The van der Waals surface area contributed by atoms with E-state index >= 15 is 0 Å². The second kappa shape index (κ2) is 9.51. The Morgan fingerprint density at radius 3 is 2.52 bits per heavy atom. The molecule has 27 heavy (non-hydrogen) atoms. The first kappa shape index (κ1) is 20.2. The number of hydrogen-bond donors (Lipinski definition) is 1. The molecule has 0 aliphatic rings. The first-order valence-corrected chi connectivity index (χ1v) is 8.89. The van der Waals surface area contributed by atoms with E-state index in [1.165, 1.54) is 18.2 Å². The number of aromatic nitrogens is 1. The summed E-state index contributed by atoms with van der Waals surface area (Å²) in [5, 5.41) is 13.9. The van der Waals surface area contributed by atoms with Crippen LogP contribution in [0.1, 0.15) is 36.7 Å². The van der Waals surface area contributed by atoms with Crippen LogP contribution in [0.3, 0.4) is 0 Å². The van der Waals surface area contributed by atoms with Crippen LogP contribution < -0.4 is 15.0 Å². The lowest BCUT2D eigenvalue weighted by Crippen LogP contribution is -2.24. The summed E-state index contributed by atoms with van der Waals surface area (Å²) in [5.41, 5.74) is 0.826. The van der Waals surface area contributed by atoms with Gasteiger partial charge in [-0.2, -0.15) is 0 Å². The third-order valence-electron chi connectivity index (χ3n) is 4.07. The molecule has 1 N–H and O–H groups in total. The van der Waals surface area contributed by atoms with Crippen molar-refractivity contribution in [3.05, 3.63) is 57.8 Å². The maximum atomic E-state index is 12.3. The molecule has 0 aliphatic heterocycles. The number of anilines is 1. The zero-order valence-electron chi connectivity index (χ0n) is 15.8. The van der Waals surface area contributed by atoms with Gasteiger partial charge in [-0.1, -0.05) is 6.07 Å². The standard InChI is InChI=1S/C19H24N4O4/c1-4-22(5-2)18-10-7-14(12-20-18)13-21-19(24)15-8-9-17(27-6-3)16(11-15)23(25)26/h7-12H,4-6,13H2,1-3H3,(H,21,24). The lowest BCUT2D eigenvalue weighted by molar-refractivity contribution is -0.385. The minimum atomic E-state index is -0.558. The first-order chi connectivity index (χ1) is 13.0. The molecule has 0 saturated carbocycles. The van der Waals surface area contributed by atoms with Crippen molar-refractivity contribution < 1.29 is 14.5 Å². The highest BCUT2D eigenvalue weighted by Gasteiger charge is 2.18. The maximum Gasteiger partial charge on any atom is 0.311 e. The molecule has 1 aromatic carbocycles. The second-order valence-corrected chi connectivity index (χ2v) is 5.75. The molecule has 144 valence electrons. The summed E-state index contributed by atoms with van der Waals surface area (Å²) in [7, 11) is 0. The number of amides is 1. The molecule has 2 aromatic rings. The third kappa shape index (κ3) is 5.16. The van der Waals surface area contributed by atoms with Gasteiger partial charge in [-0.15, -0.1) is 0 Å². The van der Waals surface area contributed by atoms with Crippen molar-refractivity contribution >= 4 is 17.4 Å². The summed E-state index contributed by atoms with van der Waals surface area (Å²) in [6.45, 7) is 8.20. The van der Waals surface area contributed by atoms with Crippen LogP contribution in [-0.4, -0.2) is 35.5 Å². The Balaban J connectivity index is 2.05. The van der Waals surface area contributed by atoms with E-state index in [1.54, 1.807) is 13.1 Å². The quantitative estimate of drug-likeness (QED) is 0.536. The molecule has 0 saturated heterocycles. The van der Waals surface area contributed by atoms with Crippen LogP contribution in [0, 0.1) is 10.1 Å². The van der Waals surface area contributed by atoms with E-state index in [0.717, 1.165) is 24.5 Å². The van der Waals surface area contributed by atoms with Crippen molar-refractivity contribution in [2.24, 2.45) is 0 Å². The molecule has 1 amide bonds. The van der Waals surface area contributed by atoms with E-state index in [9.17, 15) is 14.9 Å². The second-order valence-electron chi connectivity index (χ2n) is 5.75. The van der Waals surface area contributed by atoms with Crippen molar-refractivity contribution in [2.75, 3.05) is 24.6 Å². The topological polar surface area (TPSA) is 97.6 Å². The Morgan fingerprint density at radius 2 is 1.96 bits per heavy atom. The average Bonchev–Trinajstić information content (AvgIpc) is 2.68. The van der Waals surface area contributed by atoms with Gasteiger partial charge in [0.15, 0.2) is 5.75 Å². The Bertz CT molecular complexity index is 789. The highest BCUT2D eigenvalue weighted by atomic mass is 16.6. The minimum absolute atomic E-state index is 0.148. The predicted octanol–water partition coefficient (Wildman–Crippen LogP) is 3.16.